The summed E-state index contributed by atoms with van der Waals surface area (Å²) < 4.78 is 28.3. The Kier molecular flexibility index (Phi) is 3.42. The zero-order chi connectivity index (χ0) is 17.6. The van der Waals surface area contributed by atoms with E-state index in [4.69, 9.17) is 0 Å². The highest BCUT2D eigenvalue weighted by Gasteiger charge is 2.36. The summed E-state index contributed by atoms with van der Waals surface area (Å²) in [5, 5.41) is 20.1. The molecule has 0 amide bonds. The molecule has 0 saturated carbocycles. The first kappa shape index (κ1) is 15.8. The minimum absolute atomic E-state index is 0.0580. The van der Waals surface area contributed by atoms with Gasteiger partial charge in [-0.3, -0.25) is 9.59 Å². The van der Waals surface area contributed by atoms with Gasteiger partial charge in [0.05, 0.1) is 11.8 Å². The van der Waals surface area contributed by atoms with Gasteiger partial charge in [-0.1, -0.05) is 30.8 Å². The number of benzene rings is 2. The van der Waals surface area contributed by atoms with Crippen LogP contribution in [0.15, 0.2) is 48.1 Å². The van der Waals surface area contributed by atoms with Crippen LogP contribution in [-0.4, -0.2) is 30.2 Å². The Bertz CT molecular complexity index is 1020. The smallest absolute Gasteiger partial charge is 0.342 e. The molecule has 3 rings (SSSR count). The van der Waals surface area contributed by atoms with Crippen LogP contribution in [0.25, 0.3) is 0 Å². The summed E-state index contributed by atoms with van der Waals surface area (Å²) in [5.74, 6) is -3.41. The lowest BCUT2D eigenvalue weighted by Crippen LogP contribution is -2.22. The molecule has 0 heterocycles. The van der Waals surface area contributed by atoms with Crippen LogP contribution in [0, 0.1) is 0 Å². The molecule has 0 unspecified atom stereocenters. The van der Waals surface area contributed by atoms with Crippen molar-refractivity contribution in [2.24, 2.45) is 0 Å². The average molecular weight is 346 g/mol. The Morgan fingerprint density at radius 1 is 0.958 bits per heavy atom. The highest BCUT2D eigenvalue weighted by Crippen LogP contribution is 2.42. The fraction of sp³-hybridized carbons (Fsp3) is 0. The maximum atomic E-state index is 12.6. The van der Waals surface area contributed by atoms with Crippen molar-refractivity contribution >= 4 is 21.7 Å². The van der Waals surface area contributed by atoms with Crippen molar-refractivity contribution in [3.05, 3.63) is 65.4 Å². The summed E-state index contributed by atoms with van der Waals surface area (Å²) in [6.45, 7) is 3.10. The van der Waals surface area contributed by atoms with E-state index in [9.17, 15) is 28.2 Å². The third-order valence-electron chi connectivity index (χ3n) is 3.59. The molecule has 0 atom stereocenters. The second-order valence-electron chi connectivity index (χ2n) is 4.92. The molecule has 0 spiro atoms. The fourth-order valence-corrected chi connectivity index (χ4v) is 3.41. The summed E-state index contributed by atoms with van der Waals surface area (Å²) in [4.78, 5) is 24.2. The lowest BCUT2D eigenvalue weighted by molar-refractivity contribution is 0.0975. The molecule has 0 aliphatic heterocycles. The molecule has 7 nitrogen and oxygen atoms in total. The Balaban J connectivity index is 2.35. The van der Waals surface area contributed by atoms with Gasteiger partial charge in [-0.2, -0.15) is 8.42 Å². The molecule has 1 aliphatic rings. The molecule has 0 radical (unpaired) electrons. The molecular weight excluding hydrogens is 336 g/mol. The second-order valence-corrected chi connectivity index (χ2v) is 6.46. The minimum Gasteiger partial charge on any atom is -0.504 e. The third kappa shape index (κ3) is 2.08. The first-order valence-corrected chi connectivity index (χ1v) is 8.02. The number of hydrogen-bond acceptors (Lipinski definition) is 7. The van der Waals surface area contributed by atoms with Crippen LogP contribution in [0.2, 0.25) is 0 Å². The third-order valence-corrected chi connectivity index (χ3v) is 4.83. The summed E-state index contributed by atoms with van der Waals surface area (Å²) in [5.41, 5.74) is -0.648. The quantitative estimate of drug-likeness (QED) is 0.421. The normalized spacial score (nSPS) is 13.2. The molecule has 2 aromatic carbocycles. The maximum Gasteiger partial charge on any atom is 0.342 e. The van der Waals surface area contributed by atoms with Crippen LogP contribution in [0.3, 0.4) is 0 Å². The van der Waals surface area contributed by atoms with E-state index in [1.165, 1.54) is 12.1 Å². The predicted molar refractivity (Wildman–Crippen MR) is 81.5 cm³/mol. The number of ketones is 2. The SMILES string of the molecule is C=COS(=O)(=O)c1cc2c(c(O)c1O)C(=O)c1ccccc1C2=O. The predicted octanol–water partition coefficient (Wildman–Crippen LogP) is 1.72. The lowest BCUT2D eigenvalue weighted by atomic mass is 9.83. The van der Waals surface area contributed by atoms with Gasteiger partial charge in [-0.05, 0) is 6.07 Å². The Hall–Kier alpha value is -3.13. The van der Waals surface area contributed by atoms with E-state index in [0.717, 1.165) is 6.07 Å². The van der Waals surface area contributed by atoms with Crippen LogP contribution < -0.4 is 0 Å². The van der Waals surface area contributed by atoms with Crippen LogP contribution >= 0.6 is 0 Å². The van der Waals surface area contributed by atoms with Crippen molar-refractivity contribution in [1.82, 2.24) is 0 Å². The largest absolute Gasteiger partial charge is 0.504 e. The van der Waals surface area contributed by atoms with Gasteiger partial charge < -0.3 is 14.4 Å². The summed E-state index contributed by atoms with van der Waals surface area (Å²) in [7, 11) is -4.51. The highest BCUT2D eigenvalue weighted by molar-refractivity contribution is 7.87. The molecule has 1 aliphatic carbocycles. The van der Waals surface area contributed by atoms with E-state index in [1.54, 1.807) is 12.1 Å². The molecule has 0 bridgehead atoms. The van der Waals surface area contributed by atoms with Crippen molar-refractivity contribution in [3.63, 3.8) is 0 Å². The van der Waals surface area contributed by atoms with Gasteiger partial charge in [0, 0.05) is 16.7 Å². The first-order valence-electron chi connectivity index (χ1n) is 6.61. The van der Waals surface area contributed by atoms with E-state index in [0.29, 0.717) is 6.26 Å². The number of phenolic OH excluding ortho intramolecular Hbond substituents is 2. The van der Waals surface area contributed by atoms with Crippen molar-refractivity contribution < 1.29 is 32.4 Å². The van der Waals surface area contributed by atoms with Gasteiger partial charge in [-0.25, -0.2) is 0 Å². The molecule has 24 heavy (non-hydrogen) atoms. The molecule has 0 aromatic heterocycles. The van der Waals surface area contributed by atoms with E-state index in [1.807, 2.05) is 0 Å². The number of fused-ring (bicyclic) bond motifs is 2. The van der Waals surface area contributed by atoms with Crippen LogP contribution in [-0.2, 0) is 14.3 Å². The number of rotatable bonds is 3. The van der Waals surface area contributed by atoms with Gasteiger partial charge in [0.15, 0.2) is 28.0 Å². The van der Waals surface area contributed by atoms with Gasteiger partial charge in [0.1, 0.15) is 0 Å². The molecule has 8 heteroatoms. The van der Waals surface area contributed by atoms with E-state index < -0.39 is 43.6 Å². The van der Waals surface area contributed by atoms with Gasteiger partial charge >= 0.3 is 10.1 Å². The average Bonchev–Trinajstić information content (AvgIpc) is 2.54. The van der Waals surface area contributed by atoms with Gasteiger partial charge in [0.2, 0.25) is 0 Å². The lowest BCUT2D eigenvalue weighted by Gasteiger charge is -2.20. The molecule has 2 N–H and O–H groups in total. The Morgan fingerprint density at radius 3 is 2.12 bits per heavy atom. The maximum absolute atomic E-state index is 12.6. The van der Waals surface area contributed by atoms with Gasteiger partial charge in [-0.15, -0.1) is 0 Å². The molecular formula is C16H10O7S. The molecule has 122 valence electrons. The highest BCUT2D eigenvalue weighted by atomic mass is 32.2. The first-order chi connectivity index (χ1) is 11.3. The van der Waals surface area contributed by atoms with E-state index in [2.05, 4.69) is 10.8 Å². The fourth-order valence-electron chi connectivity index (χ4n) is 2.53. The Morgan fingerprint density at radius 2 is 1.54 bits per heavy atom. The monoisotopic (exact) mass is 346 g/mol. The van der Waals surface area contributed by atoms with Crippen molar-refractivity contribution in [2.45, 2.75) is 4.90 Å². The summed E-state index contributed by atoms with van der Waals surface area (Å²) >= 11 is 0. The van der Waals surface area contributed by atoms with Gasteiger partial charge in [0.25, 0.3) is 0 Å². The van der Waals surface area contributed by atoms with E-state index >= 15 is 0 Å². The number of carbonyl (C=O) groups excluding carboxylic acids is 2. The standard InChI is InChI=1S/C16H10O7S/c1-2-23-24(21,22)11-7-10-12(16(20)15(11)19)14(18)9-6-4-3-5-8(9)13(10)17/h2-7,19-20H,1H2. The summed E-state index contributed by atoms with van der Waals surface area (Å²) in [6.07, 6.45) is 0.619. The van der Waals surface area contributed by atoms with E-state index in [-0.39, 0.29) is 16.7 Å². The molecule has 2 aromatic rings. The zero-order valence-corrected chi connectivity index (χ0v) is 12.8. The van der Waals surface area contributed by atoms with Crippen molar-refractivity contribution in [3.8, 4) is 11.5 Å². The van der Waals surface area contributed by atoms with Crippen LogP contribution in [0.5, 0.6) is 11.5 Å². The number of hydrogen-bond donors (Lipinski definition) is 2. The van der Waals surface area contributed by atoms with Crippen molar-refractivity contribution in [1.29, 1.82) is 0 Å². The molecule has 0 fully saturated rings. The zero-order valence-electron chi connectivity index (χ0n) is 12.0. The molecule has 0 saturated heterocycles. The summed E-state index contributed by atoms with van der Waals surface area (Å²) in [6, 6.07) is 6.72. The van der Waals surface area contributed by atoms with Crippen LogP contribution in [0.4, 0.5) is 0 Å². The second kappa shape index (κ2) is 5.20. The van der Waals surface area contributed by atoms with Crippen molar-refractivity contribution in [2.75, 3.05) is 0 Å². The minimum atomic E-state index is -4.51. The number of carbonyl (C=O) groups is 2. The topological polar surface area (TPSA) is 118 Å². The van der Waals surface area contributed by atoms with Crippen LogP contribution in [0.1, 0.15) is 31.8 Å². The number of phenols is 2. The number of aromatic hydroxyl groups is 2. The Labute approximate surface area is 136 Å².